The Labute approximate surface area is 219 Å². The summed E-state index contributed by atoms with van der Waals surface area (Å²) in [4.78, 5) is 37.8. The monoisotopic (exact) mass is 513 g/mol. The molecule has 0 saturated carbocycles. The fourth-order valence-corrected chi connectivity index (χ4v) is 4.44. The Hall–Kier alpha value is -4.57. The van der Waals surface area contributed by atoms with Crippen molar-refractivity contribution < 1.29 is 9.18 Å². The minimum absolute atomic E-state index is 0.179. The highest BCUT2D eigenvalue weighted by Crippen LogP contribution is 2.26. The van der Waals surface area contributed by atoms with E-state index in [9.17, 15) is 9.59 Å². The number of hydrogen-bond donors (Lipinski definition) is 2. The SMILES string of the molecule is C=CC(=O)Nc1cccc(-n2cc(C)c(=O)c3cnc(Nc4ccc(N5CCN(C)CC5)c(F)c4)nc32)c1. The average Bonchev–Trinajstić information content (AvgIpc) is 2.91. The smallest absolute Gasteiger partial charge is 0.247 e. The van der Waals surface area contributed by atoms with E-state index in [1.165, 1.54) is 18.3 Å². The molecule has 194 valence electrons. The number of aromatic nitrogens is 3. The minimum Gasteiger partial charge on any atom is -0.367 e. The first-order chi connectivity index (χ1) is 18.3. The van der Waals surface area contributed by atoms with E-state index in [4.69, 9.17) is 0 Å². The first kappa shape index (κ1) is 25.1. The van der Waals surface area contributed by atoms with Gasteiger partial charge in [-0.25, -0.2) is 9.37 Å². The van der Waals surface area contributed by atoms with E-state index in [1.807, 2.05) is 11.0 Å². The van der Waals surface area contributed by atoms with Gasteiger partial charge in [-0.15, -0.1) is 0 Å². The number of fused-ring (bicyclic) bond motifs is 1. The average molecular weight is 514 g/mol. The van der Waals surface area contributed by atoms with Crippen LogP contribution >= 0.6 is 0 Å². The maximum Gasteiger partial charge on any atom is 0.247 e. The summed E-state index contributed by atoms with van der Waals surface area (Å²) in [5.41, 5.74) is 3.03. The van der Waals surface area contributed by atoms with E-state index in [0.29, 0.717) is 39.3 Å². The highest BCUT2D eigenvalue weighted by Gasteiger charge is 2.18. The van der Waals surface area contributed by atoms with Gasteiger partial charge in [0.15, 0.2) is 11.1 Å². The normalized spacial score (nSPS) is 13.9. The molecule has 3 heterocycles. The van der Waals surface area contributed by atoms with Crippen molar-refractivity contribution in [2.24, 2.45) is 0 Å². The fourth-order valence-electron chi connectivity index (χ4n) is 4.44. The van der Waals surface area contributed by atoms with E-state index in [-0.39, 0.29) is 23.1 Å². The van der Waals surface area contributed by atoms with Crippen molar-refractivity contribution >= 4 is 40.0 Å². The van der Waals surface area contributed by atoms with Crippen LogP contribution in [0.15, 0.2) is 72.3 Å². The van der Waals surface area contributed by atoms with E-state index < -0.39 is 0 Å². The Kier molecular flexibility index (Phi) is 6.89. The van der Waals surface area contributed by atoms with E-state index >= 15 is 4.39 Å². The largest absolute Gasteiger partial charge is 0.367 e. The second-order valence-corrected chi connectivity index (χ2v) is 9.27. The van der Waals surface area contributed by atoms with Gasteiger partial charge in [-0.3, -0.25) is 9.59 Å². The van der Waals surface area contributed by atoms with Gasteiger partial charge in [-0.05, 0) is 56.4 Å². The Bertz CT molecular complexity index is 1590. The van der Waals surface area contributed by atoms with Crippen molar-refractivity contribution in [3.05, 3.63) is 89.1 Å². The summed E-state index contributed by atoms with van der Waals surface area (Å²) in [6, 6.07) is 12.1. The third-order valence-corrected chi connectivity index (χ3v) is 6.55. The molecular formula is C28H28FN7O2. The quantitative estimate of drug-likeness (QED) is 0.378. The second-order valence-electron chi connectivity index (χ2n) is 9.27. The molecule has 1 aliphatic heterocycles. The summed E-state index contributed by atoms with van der Waals surface area (Å²) in [5, 5.41) is 6.14. The van der Waals surface area contributed by atoms with Crippen LogP contribution in [0.2, 0.25) is 0 Å². The van der Waals surface area contributed by atoms with Crippen molar-refractivity contribution in [1.29, 1.82) is 0 Å². The van der Waals surface area contributed by atoms with Crippen molar-refractivity contribution in [3.8, 4) is 5.69 Å². The lowest BCUT2D eigenvalue weighted by molar-refractivity contribution is -0.111. The van der Waals surface area contributed by atoms with Crippen LogP contribution in [0.1, 0.15) is 5.56 Å². The van der Waals surface area contributed by atoms with Crippen LogP contribution in [0.5, 0.6) is 0 Å². The molecular weight excluding hydrogens is 485 g/mol. The lowest BCUT2D eigenvalue weighted by Crippen LogP contribution is -2.44. The molecule has 0 radical (unpaired) electrons. The first-order valence-corrected chi connectivity index (χ1v) is 12.3. The summed E-state index contributed by atoms with van der Waals surface area (Å²) in [5.74, 6) is -0.439. The summed E-state index contributed by atoms with van der Waals surface area (Å²) in [6.07, 6.45) is 4.35. The van der Waals surface area contributed by atoms with Gasteiger partial charge in [-0.1, -0.05) is 12.6 Å². The van der Waals surface area contributed by atoms with Gasteiger partial charge < -0.3 is 25.0 Å². The number of benzene rings is 2. The number of carbonyl (C=O) groups excluding carboxylic acids is 1. The summed E-state index contributed by atoms with van der Waals surface area (Å²) in [7, 11) is 2.06. The molecule has 10 heteroatoms. The number of pyridine rings is 1. The molecule has 1 aliphatic rings. The Morgan fingerprint density at radius 2 is 1.89 bits per heavy atom. The van der Waals surface area contributed by atoms with Gasteiger partial charge >= 0.3 is 0 Å². The minimum atomic E-state index is -0.331. The lowest BCUT2D eigenvalue weighted by atomic mass is 10.2. The summed E-state index contributed by atoms with van der Waals surface area (Å²) < 4.78 is 16.8. The first-order valence-electron chi connectivity index (χ1n) is 12.3. The second kappa shape index (κ2) is 10.4. The van der Waals surface area contributed by atoms with E-state index in [0.717, 1.165) is 26.2 Å². The molecule has 9 nitrogen and oxygen atoms in total. The number of nitrogens with one attached hydrogen (secondary N) is 2. The molecule has 1 saturated heterocycles. The van der Waals surface area contributed by atoms with Crippen LogP contribution in [-0.2, 0) is 4.79 Å². The molecule has 4 aromatic rings. The van der Waals surface area contributed by atoms with Gasteiger partial charge in [0.25, 0.3) is 0 Å². The van der Waals surface area contributed by atoms with Gasteiger partial charge in [-0.2, -0.15) is 4.98 Å². The predicted molar refractivity (Wildman–Crippen MR) is 148 cm³/mol. The number of amides is 1. The topological polar surface area (TPSA) is 95.4 Å². The van der Waals surface area contributed by atoms with Crippen molar-refractivity contribution in [2.45, 2.75) is 6.92 Å². The van der Waals surface area contributed by atoms with E-state index in [1.54, 1.807) is 48.0 Å². The van der Waals surface area contributed by atoms with Gasteiger partial charge in [0.2, 0.25) is 11.9 Å². The van der Waals surface area contributed by atoms with Gasteiger partial charge in [0.05, 0.1) is 11.1 Å². The number of nitrogens with zero attached hydrogens (tertiary/aromatic N) is 5. The predicted octanol–water partition coefficient (Wildman–Crippen LogP) is 3.85. The Morgan fingerprint density at radius 1 is 1.11 bits per heavy atom. The van der Waals surface area contributed by atoms with Crippen LogP contribution in [0, 0.1) is 12.7 Å². The maximum absolute atomic E-state index is 15.0. The zero-order valence-corrected chi connectivity index (χ0v) is 21.2. The Morgan fingerprint density at radius 3 is 2.63 bits per heavy atom. The van der Waals surface area contributed by atoms with Gasteiger partial charge in [0, 0.05) is 61.2 Å². The van der Waals surface area contributed by atoms with Crippen molar-refractivity contribution in [1.82, 2.24) is 19.4 Å². The number of aryl methyl sites for hydroxylation is 1. The third-order valence-electron chi connectivity index (χ3n) is 6.55. The number of hydrogen-bond acceptors (Lipinski definition) is 7. The number of likely N-dealkylation sites (N-methyl/N-ethyl adjacent to an activating group) is 1. The van der Waals surface area contributed by atoms with E-state index in [2.05, 4.69) is 39.1 Å². The van der Waals surface area contributed by atoms with Crippen molar-refractivity contribution in [2.75, 3.05) is 48.8 Å². The highest BCUT2D eigenvalue weighted by molar-refractivity contribution is 5.99. The molecule has 0 spiro atoms. The molecule has 1 fully saturated rings. The van der Waals surface area contributed by atoms with Crippen LogP contribution in [0.3, 0.4) is 0 Å². The number of carbonyl (C=O) groups is 1. The zero-order chi connectivity index (χ0) is 26.8. The molecule has 0 atom stereocenters. The standard InChI is InChI=1S/C28H28FN7O2/c1-4-25(37)31-19-6-5-7-21(14-19)36-17-18(2)26(38)22-16-30-28(33-27(22)36)32-20-8-9-24(23(29)15-20)35-12-10-34(3)11-13-35/h4-9,14-17H,1,10-13H2,2-3H3,(H,31,37)(H,30,32,33). The summed E-state index contributed by atoms with van der Waals surface area (Å²) in [6.45, 7) is 8.50. The highest BCUT2D eigenvalue weighted by atomic mass is 19.1. The molecule has 0 aliphatic carbocycles. The number of piperazine rings is 1. The van der Waals surface area contributed by atoms with Crippen LogP contribution in [0.25, 0.3) is 16.7 Å². The maximum atomic E-state index is 15.0. The van der Waals surface area contributed by atoms with Crippen molar-refractivity contribution in [3.63, 3.8) is 0 Å². The molecule has 2 aromatic heterocycles. The number of anilines is 4. The molecule has 2 N–H and O–H groups in total. The van der Waals surface area contributed by atoms with Crippen LogP contribution < -0.4 is 21.0 Å². The molecule has 0 unspecified atom stereocenters. The number of halogens is 1. The fraction of sp³-hybridized carbons (Fsp3) is 0.214. The molecule has 1 amide bonds. The van der Waals surface area contributed by atoms with Crippen LogP contribution in [-0.4, -0.2) is 58.6 Å². The zero-order valence-electron chi connectivity index (χ0n) is 21.2. The summed E-state index contributed by atoms with van der Waals surface area (Å²) >= 11 is 0. The molecule has 5 rings (SSSR count). The van der Waals surface area contributed by atoms with Crippen LogP contribution in [0.4, 0.5) is 27.4 Å². The van der Waals surface area contributed by atoms with Gasteiger partial charge in [0.1, 0.15) is 5.82 Å². The third kappa shape index (κ3) is 5.12. The molecule has 0 bridgehead atoms. The lowest BCUT2D eigenvalue weighted by Gasteiger charge is -2.34. The Balaban J connectivity index is 1.48. The molecule has 38 heavy (non-hydrogen) atoms. The molecule has 2 aromatic carbocycles. The number of rotatable bonds is 6.